The molecule has 2 aliphatic heterocycles. The average molecular weight is 390 g/mol. The van der Waals surface area contributed by atoms with Gasteiger partial charge in [0, 0.05) is 38.9 Å². The molecule has 0 saturated carbocycles. The van der Waals surface area contributed by atoms with Crippen molar-refractivity contribution in [1.82, 2.24) is 9.62 Å². The zero-order chi connectivity index (χ0) is 19.3. The Balaban J connectivity index is 1.66. The van der Waals surface area contributed by atoms with Gasteiger partial charge in [-0.1, -0.05) is 12.1 Å². The van der Waals surface area contributed by atoms with Crippen molar-refractivity contribution in [2.75, 3.05) is 32.8 Å². The maximum absolute atomic E-state index is 12.9. The van der Waals surface area contributed by atoms with Crippen LogP contribution in [0.5, 0.6) is 0 Å². The smallest absolute Gasteiger partial charge is 0.252 e. The van der Waals surface area contributed by atoms with Crippen LogP contribution in [0.3, 0.4) is 0 Å². The second-order valence-electron chi connectivity index (χ2n) is 6.41. The highest BCUT2D eigenvalue weighted by Gasteiger charge is 2.38. The molecule has 0 unspecified atom stereocenters. The minimum absolute atomic E-state index is 0.00671. The van der Waals surface area contributed by atoms with Crippen LogP contribution < -0.4 is 5.32 Å². The Morgan fingerprint density at radius 3 is 2.63 bits per heavy atom. The summed E-state index contributed by atoms with van der Waals surface area (Å²) in [4.78, 5) is 12.6. The van der Waals surface area contributed by atoms with Gasteiger partial charge in [0.25, 0.3) is 5.91 Å². The number of morpholine rings is 1. The van der Waals surface area contributed by atoms with Crippen molar-refractivity contribution < 1.29 is 17.9 Å². The Kier molecular flexibility index (Phi) is 5.89. The number of carbonyl (C=O) groups is 1. The molecule has 1 aromatic carbocycles. The van der Waals surface area contributed by atoms with Crippen LogP contribution in [0.2, 0.25) is 0 Å². The van der Waals surface area contributed by atoms with Crippen LogP contribution in [-0.2, 0) is 14.8 Å². The Hall–Kier alpha value is -2.28. The molecule has 2 heterocycles. The molecule has 9 heteroatoms. The number of nitrogens with zero attached hydrogens (tertiary/aromatic N) is 3. The predicted octanol–water partition coefficient (Wildman–Crippen LogP) is 1.40. The molecular formula is C18H22N4O4S. The van der Waals surface area contributed by atoms with Crippen molar-refractivity contribution in [1.29, 1.82) is 0 Å². The predicted molar refractivity (Wildman–Crippen MR) is 98.6 cm³/mol. The highest BCUT2D eigenvalue weighted by molar-refractivity contribution is 7.89. The number of hydrogen-bond donors (Lipinski definition) is 1. The van der Waals surface area contributed by atoms with Gasteiger partial charge in [0.2, 0.25) is 10.0 Å². The van der Waals surface area contributed by atoms with Gasteiger partial charge in [0.1, 0.15) is 0 Å². The Morgan fingerprint density at radius 2 is 1.96 bits per heavy atom. The van der Waals surface area contributed by atoms with Gasteiger partial charge in [-0.25, -0.2) is 8.42 Å². The fourth-order valence-corrected chi connectivity index (χ4v) is 4.54. The number of sulfonamides is 1. The van der Waals surface area contributed by atoms with Crippen LogP contribution in [-0.4, -0.2) is 57.1 Å². The topological polar surface area (TPSA) is 100 Å². The first-order valence-electron chi connectivity index (χ1n) is 8.81. The summed E-state index contributed by atoms with van der Waals surface area (Å²) in [5, 5.41) is 10.8. The molecule has 1 amide bonds. The highest BCUT2D eigenvalue weighted by Crippen LogP contribution is 2.36. The molecule has 1 aromatic rings. The number of hydrogen-bond acceptors (Lipinski definition) is 6. The number of terminal acetylenes is 1. The van der Waals surface area contributed by atoms with Crippen LogP contribution in [0, 0.1) is 12.3 Å². The highest BCUT2D eigenvalue weighted by atomic mass is 32.2. The molecular weight excluding hydrogens is 368 g/mol. The zero-order valence-corrected chi connectivity index (χ0v) is 15.7. The lowest BCUT2D eigenvalue weighted by Crippen LogP contribution is -2.41. The molecule has 1 N–H and O–H groups in total. The van der Waals surface area contributed by atoms with E-state index in [0.29, 0.717) is 39.0 Å². The second kappa shape index (κ2) is 8.17. The van der Waals surface area contributed by atoms with Crippen LogP contribution in [0.25, 0.3) is 0 Å². The third kappa shape index (κ3) is 4.53. The van der Waals surface area contributed by atoms with Gasteiger partial charge in [0.05, 0.1) is 23.7 Å². The average Bonchev–Trinajstić information content (AvgIpc) is 3.47. The zero-order valence-electron chi connectivity index (χ0n) is 14.9. The van der Waals surface area contributed by atoms with E-state index in [1.54, 1.807) is 12.1 Å². The molecule has 0 radical (unpaired) electrons. The number of benzene rings is 1. The van der Waals surface area contributed by atoms with E-state index >= 15 is 0 Å². The van der Waals surface area contributed by atoms with Crippen molar-refractivity contribution in [2.24, 2.45) is 10.2 Å². The van der Waals surface area contributed by atoms with Gasteiger partial charge in [-0.2, -0.15) is 14.5 Å². The lowest BCUT2D eigenvalue weighted by molar-refractivity contribution is 0.0730. The SMILES string of the molecule is C#CCCC1(CCNC(=O)c2ccccc2S(=O)(=O)N2CCOCC2)N=N1. The van der Waals surface area contributed by atoms with E-state index in [9.17, 15) is 13.2 Å². The standard InChI is InChI=1S/C18H22N4O4S/c1-2-3-8-18(20-21-18)9-10-19-17(23)15-6-4-5-7-16(15)27(24,25)22-11-13-26-14-12-22/h1,4-7H,3,8-14H2,(H,19,23). The number of nitrogens with one attached hydrogen (secondary N) is 1. The molecule has 27 heavy (non-hydrogen) atoms. The third-order valence-corrected chi connectivity index (χ3v) is 6.54. The van der Waals surface area contributed by atoms with E-state index in [0.717, 1.165) is 0 Å². The minimum Gasteiger partial charge on any atom is -0.379 e. The summed E-state index contributed by atoms with van der Waals surface area (Å²) in [6, 6.07) is 6.23. The molecule has 2 aliphatic rings. The number of rotatable bonds is 8. The number of carbonyl (C=O) groups excluding carboxylic acids is 1. The van der Waals surface area contributed by atoms with Gasteiger partial charge in [0.15, 0.2) is 5.66 Å². The molecule has 3 rings (SSSR count). The Labute approximate surface area is 159 Å². The maximum Gasteiger partial charge on any atom is 0.252 e. The molecule has 1 saturated heterocycles. The quantitative estimate of drug-likeness (QED) is 0.678. The molecule has 8 nitrogen and oxygen atoms in total. The van der Waals surface area contributed by atoms with Crippen LogP contribution in [0.15, 0.2) is 39.4 Å². The van der Waals surface area contributed by atoms with Gasteiger partial charge in [-0.3, -0.25) is 4.79 Å². The molecule has 0 atom stereocenters. The van der Waals surface area contributed by atoms with Gasteiger partial charge < -0.3 is 10.1 Å². The van der Waals surface area contributed by atoms with Crippen molar-refractivity contribution >= 4 is 15.9 Å². The van der Waals surface area contributed by atoms with Crippen LogP contribution >= 0.6 is 0 Å². The van der Waals surface area contributed by atoms with Crippen molar-refractivity contribution in [3.63, 3.8) is 0 Å². The first kappa shape index (κ1) is 19.5. The monoisotopic (exact) mass is 390 g/mol. The minimum atomic E-state index is -3.76. The molecule has 0 spiro atoms. The fraction of sp³-hybridized carbons (Fsp3) is 0.500. The van der Waals surface area contributed by atoms with E-state index in [2.05, 4.69) is 21.5 Å². The molecule has 1 fully saturated rings. The van der Waals surface area contributed by atoms with E-state index in [4.69, 9.17) is 11.2 Å². The first-order valence-corrected chi connectivity index (χ1v) is 10.3. The molecule has 0 bridgehead atoms. The van der Waals surface area contributed by atoms with Gasteiger partial charge >= 0.3 is 0 Å². The molecule has 0 aromatic heterocycles. The normalized spacial score (nSPS) is 18.6. The summed E-state index contributed by atoms with van der Waals surface area (Å²) < 4.78 is 32.4. The summed E-state index contributed by atoms with van der Waals surface area (Å²) in [6.07, 6.45) is 7.03. The second-order valence-corrected chi connectivity index (χ2v) is 8.31. The van der Waals surface area contributed by atoms with Crippen LogP contribution in [0.1, 0.15) is 29.6 Å². The summed E-state index contributed by atoms with van der Waals surface area (Å²) >= 11 is 0. The third-order valence-electron chi connectivity index (χ3n) is 4.58. The summed E-state index contributed by atoms with van der Waals surface area (Å²) in [5.41, 5.74) is -0.356. The Bertz CT molecular complexity index is 864. The largest absolute Gasteiger partial charge is 0.379 e. The van der Waals surface area contributed by atoms with Crippen molar-refractivity contribution in [3.8, 4) is 12.3 Å². The number of amides is 1. The molecule has 144 valence electrons. The van der Waals surface area contributed by atoms with E-state index in [1.807, 2.05) is 0 Å². The van der Waals surface area contributed by atoms with Crippen LogP contribution in [0.4, 0.5) is 0 Å². The maximum atomic E-state index is 12.9. The summed E-state index contributed by atoms with van der Waals surface area (Å²) in [7, 11) is -3.76. The number of ether oxygens (including phenoxy) is 1. The van der Waals surface area contributed by atoms with E-state index in [-0.39, 0.29) is 23.5 Å². The lowest BCUT2D eigenvalue weighted by atomic mass is 10.0. The van der Waals surface area contributed by atoms with Gasteiger partial charge in [-0.05, 0) is 12.1 Å². The van der Waals surface area contributed by atoms with E-state index in [1.165, 1.54) is 16.4 Å². The van der Waals surface area contributed by atoms with Crippen molar-refractivity contribution in [3.05, 3.63) is 29.8 Å². The lowest BCUT2D eigenvalue weighted by Gasteiger charge is -2.26. The van der Waals surface area contributed by atoms with E-state index < -0.39 is 21.6 Å². The summed E-state index contributed by atoms with van der Waals surface area (Å²) in [6.45, 7) is 1.58. The summed E-state index contributed by atoms with van der Waals surface area (Å²) in [5.74, 6) is 2.12. The fourth-order valence-electron chi connectivity index (χ4n) is 2.94. The van der Waals surface area contributed by atoms with Crippen molar-refractivity contribution in [2.45, 2.75) is 29.8 Å². The molecule has 0 aliphatic carbocycles. The van der Waals surface area contributed by atoms with Gasteiger partial charge in [-0.15, -0.1) is 12.3 Å². The Morgan fingerprint density at radius 1 is 1.26 bits per heavy atom. The first-order chi connectivity index (χ1) is 13.0.